The van der Waals surface area contributed by atoms with Crippen molar-refractivity contribution in [3.63, 3.8) is 0 Å². The largest absolute Gasteiger partial charge is 0.361 e. The Labute approximate surface area is 63.5 Å². The van der Waals surface area contributed by atoms with Gasteiger partial charge in [-0.2, -0.15) is 5.26 Å². The van der Waals surface area contributed by atoms with Crippen LogP contribution in [0.2, 0.25) is 0 Å². The van der Waals surface area contributed by atoms with Crippen LogP contribution >= 0.6 is 11.3 Å². The molecular weight excluding hydrogens is 146 g/mol. The molecule has 1 aromatic rings. The predicted octanol–water partition coefficient (Wildman–Crippen LogP) is 1.08. The van der Waals surface area contributed by atoms with Crippen molar-refractivity contribution in [1.29, 1.82) is 5.26 Å². The Balaban J connectivity index is 3.05. The molecular formula is C6H7N3S. The second-order valence-electron chi connectivity index (χ2n) is 2.01. The first-order valence-corrected chi connectivity index (χ1v) is 3.64. The molecule has 3 nitrogen and oxygen atoms in total. The third-order valence-electron chi connectivity index (χ3n) is 1.07. The lowest BCUT2D eigenvalue weighted by Gasteiger charge is -2.06. The SMILES string of the molecule is CN(C)c1ncsc1C#N. The van der Waals surface area contributed by atoms with Gasteiger partial charge in [0.2, 0.25) is 0 Å². The fourth-order valence-corrected chi connectivity index (χ4v) is 1.29. The first-order valence-electron chi connectivity index (χ1n) is 2.76. The van der Waals surface area contributed by atoms with Crippen LogP contribution in [0.1, 0.15) is 4.88 Å². The third kappa shape index (κ3) is 1.09. The summed E-state index contributed by atoms with van der Waals surface area (Å²) in [4.78, 5) is 6.51. The Hall–Kier alpha value is -1.08. The van der Waals surface area contributed by atoms with E-state index in [2.05, 4.69) is 11.1 Å². The van der Waals surface area contributed by atoms with Gasteiger partial charge in [0.15, 0.2) is 5.82 Å². The predicted molar refractivity (Wildman–Crippen MR) is 41.2 cm³/mol. The molecule has 4 heteroatoms. The molecule has 1 heterocycles. The molecule has 52 valence electrons. The standard InChI is InChI=1S/C6H7N3S/c1-9(2)6-5(3-7)10-4-8-6/h4H,1-2H3. The Morgan fingerprint density at radius 1 is 1.70 bits per heavy atom. The third-order valence-corrected chi connectivity index (χ3v) is 1.79. The van der Waals surface area contributed by atoms with Gasteiger partial charge in [-0.25, -0.2) is 4.98 Å². The molecule has 0 aliphatic carbocycles. The van der Waals surface area contributed by atoms with Crippen LogP contribution in [-0.4, -0.2) is 19.1 Å². The Morgan fingerprint density at radius 2 is 2.40 bits per heavy atom. The molecule has 0 amide bonds. The minimum Gasteiger partial charge on any atom is -0.361 e. The molecule has 0 radical (unpaired) electrons. The van der Waals surface area contributed by atoms with E-state index in [-0.39, 0.29) is 0 Å². The first kappa shape index (κ1) is 7.03. The minimum atomic E-state index is 0.671. The van der Waals surface area contributed by atoms with E-state index in [0.717, 1.165) is 5.82 Å². The highest BCUT2D eigenvalue weighted by molar-refractivity contribution is 7.10. The zero-order valence-corrected chi connectivity index (χ0v) is 6.64. The summed E-state index contributed by atoms with van der Waals surface area (Å²) in [6.45, 7) is 0. The summed E-state index contributed by atoms with van der Waals surface area (Å²) in [6.07, 6.45) is 0. The molecule has 0 atom stereocenters. The minimum absolute atomic E-state index is 0.671. The summed E-state index contributed by atoms with van der Waals surface area (Å²) in [5.74, 6) is 0.757. The molecule has 0 bridgehead atoms. The maximum Gasteiger partial charge on any atom is 0.157 e. The second kappa shape index (κ2) is 2.67. The van der Waals surface area contributed by atoms with Gasteiger partial charge in [-0.1, -0.05) is 0 Å². The maximum atomic E-state index is 8.55. The first-order chi connectivity index (χ1) is 4.75. The summed E-state index contributed by atoms with van der Waals surface area (Å²) < 4.78 is 0. The number of aromatic nitrogens is 1. The van der Waals surface area contributed by atoms with Gasteiger partial charge in [-0.15, -0.1) is 11.3 Å². The van der Waals surface area contributed by atoms with Gasteiger partial charge in [0.25, 0.3) is 0 Å². The van der Waals surface area contributed by atoms with E-state index in [4.69, 9.17) is 5.26 Å². The molecule has 0 spiro atoms. The quantitative estimate of drug-likeness (QED) is 0.606. The number of anilines is 1. The number of thiazole rings is 1. The molecule has 0 aliphatic rings. The van der Waals surface area contributed by atoms with Gasteiger partial charge in [0.1, 0.15) is 10.9 Å². The molecule has 0 saturated carbocycles. The Kier molecular flexibility index (Phi) is 1.88. The molecule has 1 rings (SSSR count). The van der Waals surface area contributed by atoms with Crippen molar-refractivity contribution in [3.8, 4) is 6.07 Å². The average Bonchev–Trinajstić information content (AvgIpc) is 2.33. The fraction of sp³-hybridized carbons (Fsp3) is 0.333. The van der Waals surface area contributed by atoms with Gasteiger partial charge in [0.05, 0.1) is 5.51 Å². The number of hydrogen-bond donors (Lipinski definition) is 0. The zero-order valence-electron chi connectivity index (χ0n) is 5.83. The topological polar surface area (TPSA) is 39.9 Å². The fourth-order valence-electron chi connectivity index (χ4n) is 0.635. The van der Waals surface area contributed by atoms with E-state index in [9.17, 15) is 0 Å². The van der Waals surface area contributed by atoms with Crippen LogP contribution in [0.25, 0.3) is 0 Å². The van der Waals surface area contributed by atoms with Crippen LogP contribution in [0, 0.1) is 11.3 Å². The molecule has 10 heavy (non-hydrogen) atoms. The van der Waals surface area contributed by atoms with Crippen molar-refractivity contribution in [2.24, 2.45) is 0 Å². The summed E-state index contributed by atoms with van der Waals surface area (Å²) in [7, 11) is 3.74. The summed E-state index contributed by atoms with van der Waals surface area (Å²) in [5.41, 5.74) is 1.67. The van der Waals surface area contributed by atoms with Gasteiger partial charge in [-0.05, 0) is 0 Å². The number of nitrogens with zero attached hydrogens (tertiary/aromatic N) is 3. The molecule has 0 unspecified atom stereocenters. The molecule has 1 aromatic heterocycles. The van der Waals surface area contributed by atoms with Gasteiger partial charge >= 0.3 is 0 Å². The van der Waals surface area contributed by atoms with Crippen molar-refractivity contribution in [1.82, 2.24) is 4.98 Å². The van der Waals surface area contributed by atoms with E-state index in [1.807, 2.05) is 19.0 Å². The van der Waals surface area contributed by atoms with E-state index < -0.39 is 0 Å². The maximum absolute atomic E-state index is 8.55. The summed E-state index contributed by atoms with van der Waals surface area (Å²) in [5, 5.41) is 8.55. The number of hydrogen-bond acceptors (Lipinski definition) is 4. The molecule has 0 aliphatic heterocycles. The monoisotopic (exact) mass is 153 g/mol. The number of rotatable bonds is 1. The van der Waals surface area contributed by atoms with Crippen molar-refractivity contribution >= 4 is 17.2 Å². The van der Waals surface area contributed by atoms with Crippen molar-refractivity contribution in [2.45, 2.75) is 0 Å². The van der Waals surface area contributed by atoms with E-state index >= 15 is 0 Å². The lowest BCUT2D eigenvalue weighted by molar-refractivity contribution is 1.08. The van der Waals surface area contributed by atoms with Crippen LogP contribution in [0.4, 0.5) is 5.82 Å². The van der Waals surface area contributed by atoms with E-state index in [1.54, 1.807) is 5.51 Å². The highest BCUT2D eigenvalue weighted by Crippen LogP contribution is 2.18. The van der Waals surface area contributed by atoms with Gasteiger partial charge in [0, 0.05) is 14.1 Å². The highest BCUT2D eigenvalue weighted by atomic mass is 32.1. The molecule has 0 fully saturated rings. The van der Waals surface area contributed by atoms with Crippen molar-refractivity contribution in [3.05, 3.63) is 10.4 Å². The van der Waals surface area contributed by atoms with Gasteiger partial charge < -0.3 is 4.90 Å². The molecule has 0 saturated heterocycles. The van der Waals surface area contributed by atoms with Crippen LogP contribution in [0.5, 0.6) is 0 Å². The van der Waals surface area contributed by atoms with Crippen LogP contribution in [0.3, 0.4) is 0 Å². The van der Waals surface area contributed by atoms with E-state index in [0.29, 0.717) is 4.88 Å². The van der Waals surface area contributed by atoms with Crippen LogP contribution in [-0.2, 0) is 0 Å². The average molecular weight is 153 g/mol. The lowest BCUT2D eigenvalue weighted by atomic mass is 10.5. The second-order valence-corrected chi connectivity index (χ2v) is 2.87. The number of nitriles is 1. The summed E-state index contributed by atoms with van der Waals surface area (Å²) in [6, 6.07) is 2.07. The summed E-state index contributed by atoms with van der Waals surface area (Å²) >= 11 is 1.36. The van der Waals surface area contributed by atoms with Crippen molar-refractivity contribution in [2.75, 3.05) is 19.0 Å². The molecule has 0 aromatic carbocycles. The smallest absolute Gasteiger partial charge is 0.157 e. The Morgan fingerprint density at radius 3 is 2.80 bits per heavy atom. The lowest BCUT2D eigenvalue weighted by Crippen LogP contribution is -2.09. The molecule has 0 N–H and O–H groups in total. The van der Waals surface area contributed by atoms with Crippen LogP contribution in [0.15, 0.2) is 5.51 Å². The Bertz CT molecular complexity index is 258. The van der Waals surface area contributed by atoms with Crippen molar-refractivity contribution < 1.29 is 0 Å². The normalized spacial score (nSPS) is 8.90. The van der Waals surface area contributed by atoms with E-state index in [1.165, 1.54) is 11.3 Å². The van der Waals surface area contributed by atoms with Crippen LogP contribution < -0.4 is 4.90 Å². The zero-order chi connectivity index (χ0) is 7.56. The highest BCUT2D eigenvalue weighted by Gasteiger charge is 2.05. The van der Waals surface area contributed by atoms with Gasteiger partial charge in [-0.3, -0.25) is 0 Å².